The Morgan fingerprint density at radius 1 is 1.43 bits per heavy atom. The van der Waals surface area contributed by atoms with Crippen molar-refractivity contribution in [1.29, 1.82) is 0 Å². The highest BCUT2D eigenvalue weighted by molar-refractivity contribution is 6.01. The lowest BCUT2D eigenvalue weighted by Gasteiger charge is -2.43. The Morgan fingerprint density at radius 2 is 2.17 bits per heavy atom. The summed E-state index contributed by atoms with van der Waals surface area (Å²) >= 11 is 0. The maximum Gasteiger partial charge on any atom is 0.230 e. The number of anilines is 1. The van der Waals surface area contributed by atoms with Crippen LogP contribution in [0.2, 0.25) is 0 Å². The minimum atomic E-state index is -0.569. The van der Waals surface area contributed by atoms with E-state index < -0.39 is 17.3 Å². The number of rotatable bonds is 1. The molecule has 2 atom stereocenters. The van der Waals surface area contributed by atoms with Gasteiger partial charge in [-0.25, -0.2) is 4.39 Å². The van der Waals surface area contributed by atoms with E-state index in [1.54, 1.807) is 11.0 Å². The van der Waals surface area contributed by atoms with E-state index in [4.69, 9.17) is 4.74 Å². The van der Waals surface area contributed by atoms with Crippen LogP contribution >= 0.6 is 0 Å². The molecule has 2 amide bonds. The van der Waals surface area contributed by atoms with Crippen molar-refractivity contribution < 1.29 is 18.7 Å². The lowest BCUT2D eigenvalue weighted by atomic mass is 9.88. The summed E-state index contributed by atoms with van der Waals surface area (Å²) in [5.74, 6) is -1.36. The molecule has 0 saturated carbocycles. The summed E-state index contributed by atoms with van der Waals surface area (Å²) in [4.78, 5) is 26.6. The van der Waals surface area contributed by atoms with Gasteiger partial charge < -0.3 is 15.0 Å². The molecule has 1 fully saturated rings. The summed E-state index contributed by atoms with van der Waals surface area (Å²) in [6.07, 6.45) is 0.0247. The van der Waals surface area contributed by atoms with E-state index in [2.05, 4.69) is 5.32 Å². The molecule has 6 heteroatoms. The Morgan fingerprint density at radius 3 is 2.87 bits per heavy atom. The van der Waals surface area contributed by atoms with Crippen molar-refractivity contribution in [1.82, 2.24) is 4.90 Å². The van der Waals surface area contributed by atoms with Crippen LogP contribution < -0.4 is 5.32 Å². The molecular weight excluding hydrogens is 299 g/mol. The van der Waals surface area contributed by atoms with Crippen LogP contribution in [0.1, 0.15) is 38.7 Å². The van der Waals surface area contributed by atoms with Gasteiger partial charge in [0.25, 0.3) is 0 Å². The highest BCUT2D eigenvalue weighted by Gasteiger charge is 2.39. The standard InChI is InChI=1S/C17H21FN2O3/c1-10-8-20(9-17(2,3)23-10)16(22)13-7-15(21)19-14-6-11(18)4-5-12(13)14/h4-6,10,13H,7-9H2,1-3H3,(H,19,21). The minimum absolute atomic E-state index is 0.0622. The van der Waals surface area contributed by atoms with Crippen LogP contribution in [0.4, 0.5) is 10.1 Å². The summed E-state index contributed by atoms with van der Waals surface area (Å²) in [5, 5.41) is 2.64. The van der Waals surface area contributed by atoms with Gasteiger partial charge in [-0.1, -0.05) is 6.07 Å². The number of fused-ring (bicyclic) bond motifs is 1. The third-order valence-corrected chi connectivity index (χ3v) is 4.23. The van der Waals surface area contributed by atoms with Gasteiger partial charge in [-0.15, -0.1) is 0 Å². The summed E-state index contributed by atoms with van der Waals surface area (Å²) in [6.45, 7) is 6.79. The van der Waals surface area contributed by atoms with Gasteiger partial charge in [0.1, 0.15) is 5.82 Å². The predicted octanol–water partition coefficient (Wildman–Crippen LogP) is 2.28. The monoisotopic (exact) mass is 320 g/mol. The zero-order chi connectivity index (χ0) is 16.8. The molecule has 5 nitrogen and oxygen atoms in total. The number of benzene rings is 1. The molecule has 3 rings (SSSR count). The van der Waals surface area contributed by atoms with Crippen molar-refractivity contribution >= 4 is 17.5 Å². The van der Waals surface area contributed by atoms with E-state index in [0.717, 1.165) is 0 Å². The van der Waals surface area contributed by atoms with Crippen LogP contribution in [0.3, 0.4) is 0 Å². The predicted molar refractivity (Wildman–Crippen MR) is 83.6 cm³/mol. The van der Waals surface area contributed by atoms with Crippen LogP contribution in [0.15, 0.2) is 18.2 Å². The van der Waals surface area contributed by atoms with E-state index in [1.165, 1.54) is 12.1 Å². The van der Waals surface area contributed by atoms with Gasteiger partial charge in [-0.3, -0.25) is 9.59 Å². The normalized spacial score (nSPS) is 26.4. The molecule has 1 saturated heterocycles. The van der Waals surface area contributed by atoms with Crippen LogP contribution in [-0.2, 0) is 14.3 Å². The molecule has 1 N–H and O–H groups in total. The van der Waals surface area contributed by atoms with Crippen LogP contribution in [-0.4, -0.2) is 41.5 Å². The number of nitrogens with zero attached hydrogens (tertiary/aromatic N) is 1. The SMILES string of the molecule is CC1CN(C(=O)C2CC(=O)Nc3cc(F)ccc32)CC(C)(C)O1. The summed E-state index contributed by atoms with van der Waals surface area (Å²) < 4.78 is 19.2. The Bertz CT molecular complexity index is 659. The number of ether oxygens (including phenoxy) is 1. The lowest BCUT2D eigenvalue weighted by Crippen LogP contribution is -2.55. The van der Waals surface area contributed by atoms with Crippen LogP contribution in [0.25, 0.3) is 0 Å². The largest absolute Gasteiger partial charge is 0.369 e. The number of hydrogen-bond acceptors (Lipinski definition) is 3. The van der Waals surface area contributed by atoms with Crippen molar-refractivity contribution in [2.24, 2.45) is 0 Å². The second kappa shape index (κ2) is 5.60. The molecule has 2 heterocycles. The molecule has 2 aliphatic rings. The van der Waals surface area contributed by atoms with Crippen LogP contribution in [0, 0.1) is 5.82 Å². The first-order valence-corrected chi connectivity index (χ1v) is 7.81. The molecule has 0 spiro atoms. The van der Waals surface area contributed by atoms with Gasteiger partial charge in [-0.05, 0) is 38.5 Å². The first-order valence-electron chi connectivity index (χ1n) is 7.81. The van der Waals surface area contributed by atoms with Crippen molar-refractivity contribution in [3.63, 3.8) is 0 Å². The molecular formula is C17H21FN2O3. The van der Waals surface area contributed by atoms with Gasteiger partial charge in [0.05, 0.1) is 17.6 Å². The maximum absolute atomic E-state index is 13.4. The number of nitrogens with one attached hydrogen (secondary N) is 1. The average Bonchev–Trinajstić information content (AvgIpc) is 2.42. The second-order valence-corrected chi connectivity index (χ2v) is 6.94. The van der Waals surface area contributed by atoms with E-state index >= 15 is 0 Å². The quantitative estimate of drug-likeness (QED) is 0.863. The first-order chi connectivity index (χ1) is 10.7. The van der Waals surface area contributed by atoms with Crippen molar-refractivity contribution in [2.75, 3.05) is 18.4 Å². The number of amides is 2. The Hall–Kier alpha value is -1.95. The number of carbonyl (C=O) groups is 2. The molecule has 1 aromatic rings. The molecule has 0 aromatic heterocycles. The number of carbonyl (C=O) groups excluding carboxylic acids is 2. The van der Waals surface area contributed by atoms with E-state index in [1.807, 2.05) is 20.8 Å². The Labute approximate surface area is 134 Å². The fraction of sp³-hybridized carbons (Fsp3) is 0.529. The number of hydrogen-bond donors (Lipinski definition) is 1. The molecule has 23 heavy (non-hydrogen) atoms. The van der Waals surface area contributed by atoms with Gasteiger partial charge in [-0.2, -0.15) is 0 Å². The van der Waals surface area contributed by atoms with Crippen molar-refractivity contribution in [2.45, 2.75) is 44.8 Å². The summed E-state index contributed by atoms with van der Waals surface area (Å²) in [6, 6.07) is 4.17. The number of morpholine rings is 1. The third kappa shape index (κ3) is 3.22. The van der Waals surface area contributed by atoms with Gasteiger partial charge in [0.15, 0.2) is 0 Å². The highest BCUT2D eigenvalue weighted by Crippen LogP contribution is 2.35. The first kappa shape index (κ1) is 15.9. The minimum Gasteiger partial charge on any atom is -0.369 e. The highest BCUT2D eigenvalue weighted by atomic mass is 19.1. The second-order valence-electron chi connectivity index (χ2n) is 6.94. The molecule has 2 aliphatic heterocycles. The smallest absolute Gasteiger partial charge is 0.230 e. The zero-order valence-electron chi connectivity index (χ0n) is 13.6. The Balaban J connectivity index is 1.89. The molecule has 0 bridgehead atoms. The van der Waals surface area contributed by atoms with Crippen LogP contribution in [0.5, 0.6) is 0 Å². The summed E-state index contributed by atoms with van der Waals surface area (Å²) in [7, 11) is 0. The topological polar surface area (TPSA) is 58.6 Å². The van der Waals surface area contributed by atoms with Crippen molar-refractivity contribution in [3.8, 4) is 0 Å². The Kier molecular flexibility index (Phi) is 3.88. The van der Waals surface area contributed by atoms with E-state index in [-0.39, 0.29) is 24.3 Å². The molecule has 124 valence electrons. The van der Waals surface area contributed by atoms with Gasteiger partial charge in [0.2, 0.25) is 11.8 Å². The zero-order valence-corrected chi connectivity index (χ0v) is 13.6. The fourth-order valence-electron chi connectivity index (χ4n) is 3.50. The van der Waals surface area contributed by atoms with Gasteiger partial charge in [0, 0.05) is 25.2 Å². The maximum atomic E-state index is 13.4. The molecule has 0 radical (unpaired) electrons. The average molecular weight is 320 g/mol. The molecule has 2 unspecified atom stereocenters. The summed E-state index contributed by atoms with van der Waals surface area (Å²) in [5.41, 5.74) is 0.642. The third-order valence-electron chi connectivity index (χ3n) is 4.23. The molecule has 1 aromatic carbocycles. The lowest BCUT2D eigenvalue weighted by molar-refractivity contribution is -0.160. The van der Waals surface area contributed by atoms with Gasteiger partial charge >= 0.3 is 0 Å². The number of halogens is 1. The van der Waals surface area contributed by atoms with Crippen molar-refractivity contribution in [3.05, 3.63) is 29.6 Å². The fourth-order valence-corrected chi connectivity index (χ4v) is 3.50. The van der Waals surface area contributed by atoms with E-state index in [9.17, 15) is 14.0 Å². The molecule has 0 aliphatic carbocycles. The van der Waals surface area contributed by atoms with E-state index in [0.29, 0.717) is 24.3 Å².